The van der Waals surface area contributed by atoms with Gasteiger partial charge < -0.3 is 14.2 Å². The van der Waals surface area contributed by atoms with Gasteiger partial charge >= 0.3 is 0 Å². The molecule has 2 rings (SSSR count). The van der Waals surface area contributed by atoms with Crippen molar-refractivity contribution in [2.75, 3.05) is 14.2 Å². The highest BCUT2D eigenvalue weighted by atomic mass is 35.5. The first-order valence-electron chi connectivity index (χ1n) is 8.34. The topological polar surface area (TPSA) is 69.2 Å². The summed E-state index contributed by atoms with van der Waals surface area (Å²) < 4.78 is 16.1. The maximum absolute atomic E-state index is 12.2. The number of carbonyl (C=O) groups is 1. The van der Waals surface area contributed by atoms with E-state index in [0.717, 1.165) is 16.7 Å². The Kier molecular flexibility index (Phi) is 7.07. The Balaban J connectivity index is 1.97. The molecule has 27 heavy (non-hydrogen) atoms. The third-order valence-corrected chi connectivity index (χ3v) is 4.48. The molecule has 6 nitrogen and oxygen atoms in total. The summed E-state index contributed by atoms with van der Waals surface area (Å²) in [4.78, 5) is 12.2. The fourth-order valence-corrected chi connectivity index (χ4v) is 2.54. The van der Waals surface area contributed by atoms with Crippen LogP contribution >= 0.6 is 11.6 Å². The predicted molar refractivity (Wildman–Crippen MR) is 106 cm³/mol. The number of halogens is 1. The molecule has 0 aliphatic rings. The Morgan fingerprint density at radius 1 is 1.11 bits per heavy atom. The van der Waals surface area contributed by atoms with E-state index in [1.54, 1.807) is 51.5 Å². The molecular formula is C20H23ClN2O4. The highest BCUT2D eigenvalue weighted by Crippen LogP contribution is 2.27. The van der Waals surface area contributed by atoms with Crippen LogP contribution in [0.25, 0.3) is 0 Å². The van der Waals surface area contributed by atoms with Crippen LogP contribution in [0, 0.1) is 13.8 Å². The molecule has 0 saturated carbocycles. The number of nitrogens with one attached hydrogen (secondary N) is 1. The molecular weight excluding hydrogens is 368 g/mol. The zero-order valence-corrected chi connectivity index (χ0v) is 16.8. The van der Waals surface area contributed by atoms with Gasteiger partial charge in [-0.15, -0.1) is 0 Å². The normalized spacial score (nSPS) is 11.9. The van der Waals surface area contributed by atoms with Crippen LogP contribution in [0.2, 0.25) is 5.02 Å². The number of amides is 1. The minimum Gasteiger partial charge on any atom is -0.493 e. The summed E-state index contributed by atoms with van der Waals surface area (Å²) >= 11 is 6.15. The molecule has 2 aromatic carbocycles. The lowest BCUT2D eigenvalue weighted by Gasteiger charge is -2.15. The Hall–Kier alpha value is -2.73. The number of benzene rings is 2. The summed E-state index contributed by atoms with van der Waals surface area (Å²) in [7, 11) is 3.12. The molecule has 1 unspecified atom stereocenters. The molecule has 0 fully saturated rings. The number of carbonyl (C=O) groups excluding carboxylic acids is 1. The average Bonchev–Trinajstić information content (AvgIpc) is 2.65. The molecule has 0 aliphatic heterocycles. The number of methoxy groups -OCH3 is 2. The molecule has 0 heterocycles. The standard InChI is InChI=1S/C20H23ClN2O4/c1-12-8-16(9-13(2)19(12)21)27-14(3)20(24)23-22-11-15-6-7-17(25-4)18(10-15)26-5/h6-11,14H,1-5H3,(H,23,24). The number of nitrogens with zero attached hydrogens (tertiary/aromatic N) is 1. The van der Waals surface area contributed by atoms with E-state index < -0.39 is 6.10 Å². The maximum Gasteiger partial charge on any atom is 0.280 e. The van der Waals surface area contributed by atoms with Crippen molar-refractivity contribution in [3.63, 3.8) is 0 Å². The Morgan fingerprint density at radius 2 is 1.74 bits per heavy atom. The van der Waals surface area contributed by atoms with Crippen molar-refractivity contribution in [3.8, 4) is 17.2 Å². The molecule has 0 aromatic heterocycles. The molecule has 144 valence electrons. The van der Waals surface area contributed by atoms with Gasteiger partial charge in [-0.05, 0) is 67.8 Å². The quantitative estimate of drug-likeness (QED) is 0.575. The molecule has 1 amide bonds. The van der Waals surface area contributed by atoms with Crippen LogP contribution in [0.4, 0.5) is 0 Å². The van der Waals surface area contributed by atoms with Crippen molar-refractivity contribution in [2.45, 2.75) is 26.9 Å². The summed E-state index contributed by atoms with van der Waals surface area (Å²) in [6.45, 7) is 5.43. The van der Waals surface area contributed by atoms with E-state index in [1.165, 1.54) is 6.21 Å². The van der Waals surface area contributed by atoms with Gasteiger partial charge in [0.2, 0.25) is 0 Å². The summed E-state index contributed by atoms with van der Waals surface area (Å²) in [6.07, 6.45) is 0.802. The Labute approximate surface area is 164 Å². The Bertz CT molecular complexity index is 829. The molecule has 1 N–H and O–H groups in total. The van der Waals surface area contributed by atoms with E-state index >= 15 is 0 Å². The van der Waals surface area contributed by atoms with E-state index in [0.29, 0.717) is 22.3 Å². The van der Waals surface area contributed by atoms with E-state index in [1.807, 2.05) is 13.8 Å². The van der Waals surface area contributed by atoms with Gasteiger partial charge in [0.15, 0.2) is 17.6 Å². The molecule has 0 bridgehead atoms. The van der Waals surface area contributed by atoms with E-state index in [-0.39, 0.29) is 5.91 Å². The van der Waals surface area contributed by atoms with Crippen LogP contribution in [0.15, 0.2) is 35.4 Å². The first-order chi connectivity index (χ1) is 12.8. The SMILES string of the molecule is COc1ccc(C=NNC(=O)C(C)Oc2cc(C)c(Cl)c(C)c2)cc1OC. The fraction of sp³-hybridized carbons (Fsp3) is 0.300. The van der Waals surface area contributed by atoms with Gasteiger partial charge in [0.25, 0.3) is 5.91 Å². The highest BCUT2D eigenvalue weighted by Gasteiger charge is 2.15. The smallest absolute Gasteiger partial charge is 0.280 e. The van der Waals surface area contributed by atoms with Gasteiger partial charge in [0.1, 0.15) is 5.75 Å². The van der Waals surface area contributed by atoms with Crippen LogP contribution in [-0.4, -0.2) is 32.4 Å². The molecule has 7 heteroatoms. The first-order valence-corrected chi connectivity index (χ1v) is 8.71. The second kappa shape index (κ2) is 9.28. The number of ether oxygens (including phenoxy) is 3. The van der Waals surface area contributed by atoms with E-state index in [9.17, 15) is 4.79 Å². The zero-order chi connectivity index (χ0) is 20.0. The minimum atomic E-state index is -0.715. The molecule has 0 spiro atoms. The monoisotopic (exact) mass is 390 g/mol. The van der Waals surface area contributed by atoms with Gasteiger partial charge in [-0.3, -0.25) is 4.79 Å². The molecule has 0 saturated heterocycles. The van der Waals surface area contributed by atoms with Gasteiger partial charge in [0, 0.05) is 5.02 Å². The van der Waals surface area contributed by atoms with E-state index in [2.05, 4.69) is 10.5 Å². The summed E-state index contributed by atoms with van der Waals surface area (Å²) in [5, 5.41) is 4.66. The Morgan fingerprint density at radius 3 is 2.33 bits per heavy atom. The van der Waals surface area contributed by atoms with Crippen molar-refractivity contribution < 1.29 is 19.0 Å². The first kappa shape index (κ1) is 20.6. The van der Waals surface area contributed by atoms with Crippen LogP contribution in [0.3, 0.4) is 0 Å². The van der Waals surface area contributed by atoms with Crippen molar-refractivity contribution >= 4 is 23.7 Å². The number of hydrogen-bond acceptors (Lipinski definition) is 5. The van der Waals surface area contributed by atoms with Crippen molar-refractivity contribution in [1.82, 2.24) is 5.43 Å². The van der Waals surface area contributed by atoms with Gasteiger partial charge in [-0.1, -0.05) is 11.6 Å². The van der Waals surface area contributed by atoms with Crippen LogP contribution < -0.4 is 19.6 Å². The minimum absolute atomic E-state index is 0.364. The lowest BCUT2D eigenvalue weighted by Crippen LogP contribution is -2.33. The van der Waals surface area contributed by atoms with Crippen LogP contribution in [0.5, 0.6) is 17.2 Å². The van der Waals surface area contributed by atoms with Gasteiger partial charge in [-0.2, -0.15) is 5.10 Å². The van der Waals surface area contributed by atoms with Gasteiger partial charge in [0.05, 0.1) is 20.4 Å². The molecule has 0 aliphatic carbocycles. The van der Waals surface area contributed by atoms with E-state index in [4.69, 9.17) is 25.8 Å². The van der Waals surface area contributed by atoms with Crippen molar-refractivity contribution in [2.24, 2.45) is 5.10 Å². The van der Waals surface area contributed by atoms with Crippen molar-refractivity contribution in [3.05, 3.63) is 52.0 Å². The second-order valence-electron chi connectivity index (χ2n) is 5.98. The summed E-state index contributed by atoms with van der Waals surface area (Å²) in [5.74, 6) is 1.42. The molecule has 1 atom stereocenters. The maximum atomic E-state index is 12.2. The third-order valence-electron chi connectivity index (χ3n) is 3.89. The summed E-state index contributed by atoms with van der Waals surface area (Å²) in [5.41, 5.74) is 5.01. The number of hydrogen-bond donors (Lipinski definition) is 1. The summed E-state index contributed by atoms with van der Waals surface area (Å²) in [6, 6.07) is 8.92. The number of aryl methyl sites for hydroxylation is 2. The van der Waals surface area contributed by atoms with Gasteiger partial charge in [-0.25, -0.2) is 5.43 Å². The lowest BCUT2D eigenvalue weighted by molar-refractivity contribution is -0.127. The zero-order valence-electron chi connectivity index (χ0n) is 16.0. The number of rotatable bonds is 7. The average molecular weight is 391 g/mol. The predicted octanol–water partition coefficient (Wildman–Crippen LogP) is 3.89. The molecule has 0 radical (unpaired) electrons. The fourth-order valence-electron chi connectivity index (χ4n) is 2.43. The largest absolute Gasteiger partial charge is 0.493 e. The third kappa shape index (κ3) is 5.37. The van der Waals surface area contributed by atoms with Crippen LogP contribution in [-0.2, 0) is 4.79 Å². The molecule has 2 aromatic rings. The lowest BCUT2D eigenvalue weighted by atomic mass is 10.1. The second-order valence-corrected chi connectivity index (χ2v) is 6.36. The van der Waals surface area contributed by atoms with Crippen LogP contribution in [0.1, 0.15) is 23.6 Å². The number of hydrazone groups is 1. The highest BCUT2D eigenvalue weighted by molar-refractivity contribution is 6.32. The van der Waals surface area contributed by atoms with Crippen molar-refractivity contribution in [1.29, 1.82) is 0 Å².